The van der Waals surface area contributed by atoms with Crippen molar-refractivity contribution in [2.24, 2.45) is 0 Å². The molecule has 1 saturated carbocycles. The Labute approximate surface area is 84.1 Å². The van der Waals surface area contributed by atoms with E-state index >= 15 is 0 Å². The first kappa shape index (κ1) is 10.7. The van der Waals surface area contributed by atoms with Crippen LogP contribution >= 0.6 is 0 Å². The van der Waals surface area contributed by atoms with Gasteiger partial charge in [0.2, 0.25) is 0 Å². The first-order valence-corrected chi connectivity index (χ1v) is 4.72. The maximum atomic E-state index is 11.3. The minimum absolute atomic E-state index is 0.0235. The van der Waals surface area contributed by atoms with Crippen LogP contribution in [0.3, 0.4) is 0 Å². The summed E-state index contributed by atoms with van der Waals surface area (Å²) >= 11 is 0. The van der Waals surface area contributed by atoms with Crippen molar-refractivity contribution < 1.29 is 9.59 Å². The van der Waals surface area contributed by atoms with E-state index in [0.29, 0.717) is 24.8 Å². The van der Waals surface area contributed by atoms with Gasteiger partial charge in [0.25, 0.3) is 0 Å². The number of Topliss-reactive ketones (excluding diaryl/α,β-unsaturated/α-hetero) is 2. The van der Waals surface area contributed by atoms with Gasteiger partial charge in [-0.25, -0.2) is 0 Å². The minimum atomic E-state index is -0.0235. The van der Waals surface area contributed by atoms with Crippen LogP contribution in [0.15, 0.2) is 23.9 Å². The van der Waals surface area contributed by atoms with Crippen LogP contribution in [-0.4, -0.2) is 30.6 Å². The van der Waals surface area contributed by atoms with Crippen LogP contribution in [0.25, 0.3) is 0 Å². The zero-order valence-electron chi connectivity index (χ0n) is 8.62. The number of rotatable bonds is 2. The van der Waals surface area contributed by atoms with Gasteiger partial charge in [0.05, 0.1) is 5.57 Å². The molecule has 1 rings (SSSR count). The lowest BCUT2D eigenvalue weighted by Crippen LogP contribution is -2.18. The van der Waals surface area contributed by atoms with E-state index in [0.717, 1.165) is 0 Å². The van der Waals surface area contributed by atoms with Crippen molar-refractivity contribution in [3.63, 3.8) is 0 Å². The Morgan fingerprint density at radius 2 is 1.71 bits per heavy atom. The summed E-state index contributed by atoms with van der Waals surface area (Å²) < 4.78 is 0. The molecule has 0 N–H and O–H groups in total. The molecule has 1 fully saturated rings. The van der Waals surface area contributed by atoms with E-state index in [4.69, 9.17) is 0 Å². The first-order chi connectivity index (χ1) is 6.61. The highest BCUT2D eigenvalue weighted by molar-refractivity contribution is 6.21. The molecule has 3 heteroatoms. The molecule has 0 amide bonds. The Morgan fingerprint density at radius 3 is 2.21 bits per heavy atom. The molecule has 0 aliphatic heterocycles. The fourth-order valence-electron chi connectivity index (χ4n) is 1.33. The van der Waals surface area contributed by atoms with Gasteiger partial charge in [-0.15, -0.1) is 0 Å². The minimum Gasteiger partial charge on any atom is -0.383 e. The van der Waals surface area contributed by atoms with E-state index < -0.39 is 0 Å². The van der Waals surface area contributed by atoms with E-state index in [1.165, 1.54) is 0 Å². The van der Waals surface area contributed by atoms with Crippen molar-refractivity contribution in [3.05, 3.63) is 23.9 Å². The van der Waals surface area contributed by atoms with Crippen molar-refractivity contribution in [3.8, 4) is 0 Å². The van der Waals surface area contributed by atoms with Gasteiger partial charge in [0, 0.05) is 26.9 Å². The maximum Gasteiger partial charge on any atom is 0.166 e. The molecule has 76 valence electrons. The molecule has 3 nitrogen and oxygen atoms in total. The van der Waals surface area contributed by atoms with Gasteiger partial charge in [-0.1, -0.05) is 0 Å². The van der Waals surface area contributed by atoms with Gasteiger partial charge in [0.15, 0.2) is 11.6 Å². The molecule has 14 heavy (non-hydrogen) atoms. The summed E-state index contributed by atoms with van der Waals surface area (Å²) in [5.41, 5.74) is 0.356. The Morgan fingerprint density at radius 1 is 1.14 bits per heavy atom. The summed E-state index contributed by atoms with van der Waals surface area (Å²) in [6, 6.07) is 0. The Bertz CT molecular complexity index is 282. The smallest absolute Gasteiger partial charge is 0.166 e. The van der Waals surface area contributed by atoms with E-state index in [1.807, 2.05) is 25.2 Å². The predicted molar refractivity (Wildman–Crippen MR) is 54.8 cm³/mol. The quantitative estimate of drug-likeness (QED) is 0.490. The number of hydrogen-bond donors (Lipinski definition) is 0. The fraction of sp³-hybridized carbons (Fsp3) is 0.455. The van der Waals surface area contributed by atoms with Gasteiger partial charge >= 0.3 is 0 Å². The van der Waals surface area contributed by atoms with Crippen molar-refractivity contribution >= 4 is 11.6 Å². The number of carbonyl (C=O) groups excluding carboxylic acids is 2. The second-order valence-corrected chi connectivity index (χ2v) is 3.59. The lowest BCUT2D eigenvalue weighted by atomic mass is 9.92. The van der Waals surface area contributed by atoms with Gasteiger partial charge in [0.1, 0.15) is 0 Å². The normalized spacial score (nSPS) is 17.7. The Balaban J connectivity index is 2.72. The van der Waals surface area contributed by atoms with Gasteiger partial charge in [-0.05, 0) is 24.8 Å². The molecule has 0 heterocycles. The third-order valence-corrected chi connectivity index (χ3v) is 2.06. The summed E-state index contributed by atoms with van der Waals surface area (Å²) in [5, 5.41) is 0. The SMILES string of the molecule is CN(C)/C=C/C=C1C(=O)CCCC1=O. The van der Waals surface area contributed by atoms with E-state index in [2.05, 4.69) is 0 Å². The van der Waals surface area contributed by atoms with Crippen LogP contribution in [0, 0.1) is 0 Å². The zero-order valence-corrected chi connectivity index (χ0v) is 8.62. The molecular weight excluding hydrogens is 178 g/mol. The Hall–Kier alpha value is -1.38. The topological polar surface area (TPSA) is 37.4 Å². The monoisotopic (exact) mass is 193 g/mol. The second kappa shape index (κ2) is 4.74. The second-order valence-electron chi connectivity index (χ2n) is 3.59. The van der Waals surface area contributed by atoms with Crippen molar-refractivity contribution in [1.82, 2.24) is 4.90 Å². The number of ketones is 2. The van der Waals surface area contributed by atoms with Crippen LogP contribution < -0.4 is 0 Å². The molecule has 0 aromatic rings. The highest BCUT2D eigenvalue weighted by atomic mass is 16.1. The predicted octanol–water partition coefficient (Wildman–Crippen LogP) is 1.31. The van der Waals surface area contributed by atoms with E-state index in [1.54, 1.807) is 12.2 Å². The molecular formula is C11H15NO2. The van der Waals surface area contributed by atoms with Gasteiger partial charge in [-0.3, -0.25) is 9.59 Å². The van der Waals surface area contributed by atoms with Gasteiger partial charge < -0.3 is 4.90 Å². The summed E-state index contributed by atoms with van der Waals surface area (Å²) in [6.45, 7) is 0. The molecule has 0 bridgehead atoms. The first-order valence-electron chi connectivity index (χ1n) is 4.72. The number of hydrogen-bond acceptors (Lipinski definition) is 3. The van der Waals surface area contributed by atoms with Crippen LogP contribution in [0.4, 0.5) is 0 Å². The van der Waals surface area contributed by atoms with Crippen LogP contribution in [0.2, 0.25) is 0 Å². The van der Waals surface area contributed by atoms with Crippen LogP contribution in [0.5, 0.6) is 0 Å². The highest BCUT2D eigenvalue weighted by Gasteiger charge is 2.21. The number of carbonyl (C=O) groups is 2. The number of allylic oxidation sites excluding steroid dienone is 3. The third kappa shape index (κ3) is 2.83. The largest absolute Gasteiger partial charge is 0.383 e. The van der Waals surface area contributed by atoms with Crippen LogP contribution in [0.1, 0.15) is 19.3 Å². The molecule has 0 atom stereocenters. The third-order valence-electron chi connectivity index (χ3n) is 2.06. The highest BCUT2D eigenvalue weighted by Crippen LogP contribution is 2.16. The van der Waals surface area contributed by atoms with Crippen molar-refractivity contribution in [2.75, 3.05) is 14.1 Å². The molecule has 0 radical (unpaired) electrons. The lowest BCUT2D eigenvalue weighted by molar-refractivity contribution is -0.123. The summed E-state index contributed by atoms with van der Waals surface area (Å²) in [6.07, 6.45) is 6.87. The zero-order chi connectivity index (χ0) is 10.6. The van der Waals surface area contributed by atoms with Gasteiger partial charge in [-0.2, -0.15) is 0 Å². The lowest BCUT2D eigenvalue weighted by Gasteiger charge is -2.10. The summed E-state index contributed by atoms with van der Waals surface area (Å²) in [5.74, 6) is -0.0469. The molecule has 0 spiro atoms. The molecule has 0 aromatic carbocycles. The van der Waals surface area contributed by atoms with Crippen molar-refractivity contribution in [2.45, 2.75) is 19.3 Å². The molecule has 0 aromatic heterocycles. The van der Waals surface area contributed by atoms with Crippen LogP contribution in [-0.2, 0) is 9.59 Å². The van der Waals surface area contributed by atoms with Crippen molar-refractivity contribution in [1.29, 1.82) is 0 Å². The molecule has 0 unspecified atom stereocenters. The average molecular weight is 193 g/mol. The average Bonchev–Trinajstić information content (AvgIpc) is 2.09. The number of nitrogens with zero attached hydrogens (tertiary/aromatic N) is 1. The molecule has 1 aliphatic rings. The summed E-state index contributed by atoms with van der Waals surface area (Å²) in [4.78, 5) is 24.5. The molecule has 1 aliphatic carbocycles. The fourth-order valence-corrected chi connectivity index (χ4v) is 1.33. The summed E-state index contributed by atoms with van der Waals surface area (Å²) in [7, 11) is 3.78. The molecule has 0 saturated heterocycles. The van der Waals surface area contributed by atoms with E-state index in [-0.39, 0.29) is 11.6 Å². The standard InChI is InChI=1S/C11H15NO2/c1-12(2)8-4-5-9-10(13)6-3-7-11(9)14/h4-5,8H,3,6-7H2,1-2H3/b8-4+. The Kier molecular flexibility index (Phi) is 3.63. The van der Waals surface area contributed by atoms with E-state index in [9.17, 15) is 9.59 Å². The maximum absolute atomic E-state index is 11.3.